The number of thiol groups is 1. The van der Waals surface area contributed by atoms with Crippen LogP contribution in [0.5, 0.6) is 0 Å². The van der Waals surface area contributed by atoms with Crippen molar-refractivity contribution < 1.29 is 24.3 Å². The lowest BCUT2D eigenvalue weighted by Gasteiger charge is -2.25. The van der Waals surface area contributed by atoms with E-state index in [1.54, 1.807) is 13.8 Å². The number of carbonyl (C=O) groups excluding carboxylic acids is 3. The molecule has 0 aliphatic carbocycles. The molecule has 1 heterocycles. The summed E-state index contributed by atoms with van der Waals surface area (Å²) >= 11 is 3.94. The number of rotatable bonds is 15. The Hall–Kier alpha value is -3.33. The van der Waals surface area contributed by atoms with E-state index >= 15 is 0 Å². The van der Waals surface area contributed by atoms with Gasteiger partial charge >= 0.3 is 5.97 Å². The number of nitrogens with two attached hydrogens (primary N) is 3. The second-order valence-electron chi connectivity index (χ2n) is 8.20. The molecular formula is C20H35N9O5S. The van der Waals surface area contributed by atoms with Crippen molar-refractivity contribution in [2.45, 2.75) is 57.3 Å². The summed E-state index contributed by atoms with van der Waals surface area (Å²) in [5.74, 6) is -3.62. The van der Waals surface area contributed by atoms with E-state index < -0.39 is 47.9 Å². The number of amides is 3. The van der Waals surface area contributed by atoms with Crippen LogP contribution in [0.25, 0.3) is 0 Å². The normalized spacial score (nSPS) is 14.3. The quantitative estimate of drug-likeness (QED) is 0.0518. The van der Waals surface area contributed by atoms with Crippen molar-refractivity contribution in [2.75, 3.05) is 12.3 Å². The van der Waals surface area contributed by atoms with Gasteiger partial charge in [-0.25, -0.2) is 9.78 Å². The summed E-state index contributed by atoms with van der Waals surface area (Å²) < 4.78 is 0. The van der Waals surface area contributed by atoms with Crippen LogP contribution < -0.4 is 33.2 Å². The second-order valence-corrected chi connectivity index (χ2v) is 8.57. The number of imidazole rings is 1. The number of aliphatic imine (C=N–C) groups is 1. The third kappa shape index (κ3) is 10.6. The molecule has 0 saturated carbocycles. The number of aliphatic carboxylic acids is 1. The smallest absolute Gasteiger partial charge is 0.327 e. The molecule has 1 rings (SSSR count). The fourth-order valence-electron chi connectivity index (χ4n) is 2.90. The van der Waals surface area contributed by atoms with Crippen molar-refractivity contribution in [3.8, 4) is 0 Å². The minimum Gasteiger partial charge on any atom is -0.480 e. The van der Waals surface area contributed by atoms with E-state index in [2.05, 4.69) is 43.5 Å². The van der Waals surface area contributed by atoms with Gasteiger partial charge < -0.3 is 43.2 Å². The van der Waals surface area contributed by atoms with E-state index in [0.29, 0.717) is 12.1 Å². The minimum absolute atomic E-state index is 0.00331. The maximum Gasteiger partial charge on any atom is 0.327 e. The highest BCUT2D eigenvalue weighted by molar-refractivity contribution is 7.80. The molecule has 0 aliphatic heterocycles. The molecule has 15 heteroatoms. The second kappa shape index (κ2) is 14.8. The lowest BCUT2D eigenvalue weighted by atomic mass is 10.0. The maximum atomic E-state index is 13.1. The first-order chi connectivity index (χ1) is 16.5. The zero-order valence-electron chi connectivity index (χ0n) is 19.7. The lowest BCUT2D eigenvalue weighted by Crippen LogP contribution is -2.58. The predicted octanol–water partition coefficient (Wildman–Crippen LogP) is -2.54. The molecule has 4 atom stereocenters. The topological polar surface area (TPSA) is 244 Å². The summed E-state index contributed by atoms with van der Waals surface area (Å²) in [6.45, 7) is 3.75. The van der Waals surface area contributed by atoms with Crippen LogP contribution in [0.15, 0.2) is 17.5 Å². The first-order valence-electron chi connectivity index (χ1n) is 11.0. The van der Waals surface area contributed by atoms with Crippen LogP contribution >= 0.6 is 12.6 Å². The van der Waals surface area contributed by atoms with E-state index in [9.17, 15) is 24.3 Å². The maximum absolute atomic E-state index is 13.1. The standard InChI is InChI=1S/C20H35N9O5S/c1-10(2)15(21)18(32)27-12(4-3-5-25-20(22)23)16(30)28-13(6-11-7-24-9-26-11)17(31)29-14(8-35)19(33)34/h7,9-10,12-15,35H,3-6,8,21H2,1-2H3,(H,24,26)(H,27,32)(H,28,30)(H,29,31)(H,33,34)(H4,22,23,25). The Morgan fingerprint density at radius 2 is 1.69 bits per heavy atom. The van der Waals surface area contributed by atoms with Crippen molar-refractivity contribution in [3.05, 3.63) is 18.2 Å². The Morgan fingerprint density at radius 1 is 1.09 bits per heavy atom. The summed E-state index contributed by atoms with van der Waals surface area (Å²) in [6, 6.07) is -4.32. The van der Waals surface area contributed by atoms with Crippen LogP contribution in [0.2, 0.25) is 0 Å². The van der Waals surface area contributed by atoms with E-state index in [0.717, 1.165) is 0 Å². The highest BCUT2D eigenvalue weighted by Gasteiger charge is 2.30. The molecule has 0 fully saturated rings. The average Bonchev–Trinajstić information content (AvgIpc) is 3.30. The van der Waals surface area contributed by atoms with Crippen LogP contribution in [-0.4, -0.2) is 81.2 Å². The van der Waals surface area contributed by atoms with Crippen LogP contribution in [0, 0.1) is 5.92 Å². The van der Waals surface area contributed by atoms with Crippen LogP contribution in [-0.2, 0) is 25.6 Å². The Morgan fingerprint density at radius 3 is 2.20 bits per heavy atom. The molecule has 0 bridgehead atoms. The van der Waals surface area contributed by atoms with Gasteiger partial charge in [0.15, 0.2) is 5.96 Å². The molecule has 35 heavy (non-hydrogen) atoms. The first kappa shape index (κ1) is 29.7. The SMILES string of the molecule is CC(C)C(N)C(=O)NC(CCCN=C(N)N)C(=O)NC(Cc1cnc[nH]1)C(=O)NC(CS)C(=O)O. The summed E-state index contributed by atoms with van der Waals surface area (Å²) in [7, 11) is 0. The number of aromatic amines is 1. The Labute approximate surface area is 208 Å². The van der Waals surface area contributed by atoms with E-state index in [-0.39, 0.29) is 37.0 Å². The van der Waals surface area contributed by atoms with Gasteiger partial charge in [-0.2, -0.15) is 12.6 Å². The molecule has 1 aromatic rings. The van der Waals surface area contributed by atoms with Crippen molar-refractivity contribution in [3.63, 3.8) is 0 Å². The largest absolute Gasteiger partial charge is 0.480 e. The van der Waals surface area contributed by atoms with Gasteiger partial charge in [0.05, 0.1) is 12.4 Å². The van der Waals surface area contributed by atoms with Gasteiger partial charge in [-0.05, 0) is 18.8 Å². The molecule has 4 unspecified atom stereocenters. The fraction of sp³-hybridized carbons (Fsp3) is 0.600. The zero-order chi connectivity index (χ0) is 26.5. The highest BCUT2D eigenvalue weighted by Crippen LogP contribution is 2.06. The molecule has 0 aliphatic rings. The molecule has 0 aromatic carbocycles. The first-order valence-corrected chi connectivity index (χ1v) is 11.6. The van der Waals surface area contributed by atoms with E-state index in [4.69, 9.17) is 17.2 Å². The number of carboxylic acids is 1. The molecule has 196 valence electrons. The summed E-state index contributed by atoms with van der Waals surface area (Å²) in [4.78, 5) is 60.4. The third-order valence-corrected chi connectivity index (χ3v) is 5.37. The van der Waals surface area contributed by atoms with Gasteiger partial charge in [0, 0.05) is 30.6 Å². The Bertz CT molecular complexity index is 874. The number of carboxylic acid groups (broad SMARTS) is 1. The molecule has 0 spiro atoms. The minimum atomic E-state index is -1.27. The van der Waals surface area contributed by atoms with Crippen LogP contribution in [0.3, 0.4) is 0 Å². The van der Waals surface area contributed by atoms with Crippen LogP contribution in [0.1, 0.15) is 32.4 Å². The van der Waals surface area contributed by atoms with Gasteiger partial charge in [0.2, 0.25) is 17.7 Å². The summed E-state index contributed by atoms with van der Waals surface area (Å²) in [6.07, 6.45) is 3.38. The number of guanidine groups is 1. The lowest BCUT2D eigenvalue weighted by molar-refractivity contribution is -0.141. The van der Waals surface area contributed by atoms with E-state index in [1.165, 1.54) is 12.5 Å². The number of carbonyl (C=O) groups is 4. The number of hydrogen-bond donors (Lipinski definition) is 9. The summed E-state index contributed by atoms with van der Waals surface area (Å²) in [5, 5.41) is 16.8. The molecule has 3 amide bonds. The number of hydrogen-bond acceptors (Lipinski definition) is 8. The van der Waals surface area contributed by atoms with Crippen molar-refractivity contribution in [2.24, 2.45) is 28.1 Å². The average molecular weight is 514 g/mol. The van der Waals surface area contributed by atoms with Gasteiger partial charge in [0.1, 0.15) is 18.1 Å². The molecule has 0 saturated heterocycles. The van der Waals surface area contributed by atoms with Crippen molar-refractivity contribution >= 4 is 42.3 Å². The monoisotopic (exact) mass is 513 g/mol. The predicted molar refractivity (Wildman–Crippen MR) is 132 cm³/mol. The summed E-state index contributed by atoms with van der Waals surface area (Å²) in [5.41, 5.74) is 17.1. The van der Waals surface area contributed by atoms with Gasteiger partial charge in [-0.1, -0.05) is 13.8 Å². The molecular weight excluding hydrogens is 478 g/mol. The van der Waals surface area contributed by atoms with Crippen molar-refractivity contribution in [1.29, 1.82) is 0 Å². The highest BCUT2D eigenvalue weighted by atomic mass is 32.1. The number of aromatic nitrogens is 2. The third-order valence-electron chi connectivity index (χ3n) is 5.01. The zero-order valence-corrected chi connectivity index (χ0v) is 20.6. The van der Waals surface area contributed by atoms with Crippen LogP contribution in [0.4, 0.5) is 0 Å². The Kier molecular flexibility index (Phi) is 12.6. The Balaban J connectivity index is 3.06. The van der Waals surface area contributed by atoms with Crippen molar-refractivity contribution in [1.82, 2.24) is 25.9 Å². The molecule has 11 N–H and O–H groups in total. The van der Waals surface area contributed by atoms with Gasteiger partial charge in [-0.3, -0.25) is 19.4 Å². The number of nitrogens with zero attached hydrogens (tertiary/aromatic N) is 2. The fourth-order valence-corrected chi connectivity index (χ4v) is 3.15. The number of nitrogens with one attached hydrogen (secondary N) is 4. The number of H-pyrrole nitrogens is 1. The molecule has 0 radical (unpaired) electrons. The molecule has 1 aromatic heterocycles. The van der Waals surface area contributed by atoms with E-state index in [1.807, 2.05) is 0 Å². The van der Waals surface area contributed by atoms with Gasteiger partial charge in [-0.15, -0.1) is 0 Å². The van der Waals surface area contributed by atoms with Gasteiger partial charge in [0.25, 0.3) is 0 Å². The molecule has 14 nitrogen and oxygen atoms in total.